The van der Waals surface area contributed by atoms with Gasteiger partial charge in [-0.15, -0.1) is 0 Å². The third kappa shape index (κ3) is 3.50. The monoisotopic (exact) mass is 362 g/mol. The van der Waals surface area contributed by atoms with E-state index in [0.29, 0.717) is 32.3 Å². The zero-order chi connectivity index (χ0) is 18.0. The van der Waals surface area contributed by atoms with E-state index in [0.717, 1.165) is 55.2 Å². The molecule has 1 aromatic rings. The van der Waals surface area contributed by atoms with Crippen molar-refractivity contribution in [1.29, 1.82) is 0 Å². The Balaban J connectivity index is 1.42. The topological polar surface area (TPSA) is 63.2 Å². The molecule has 0 bridgehead atoms. The SMILES string of the molecule is COc1cc2c(cc1CNC[C@]1(O)CCCN3CCCC[C@@H]31)OCCO2. The highest BCUT2D eigenvalue weighted by atomic mass is 16.6. The summed E-state index contributed by atoms with van der Waals surface area (Å²) in [6.45, 7) is 4.63. The van der Waals surface area contributed by atoms with Crippen LogP contribution in [0.4, 0.5) is 0 Å². The van der Waals surface area contributed by atoms with Gasteiger partial charge in [0.05, 0.1) is 12.7 Å². The second-order valence-electron chi connectivity index (χ2n) is 7.67. The van der Waals surface area contributed by atoms with E-state index in [1.165, 1.54) is 12.8 Å². The lowest BCUT2D eigenvalue weighted by molar-refractivity contribution is -0.0919. The Kier molecular flexibility index (Phi) is 5.25. The van der Waals surface area contributed by atoms with Crippen LogP contribution in [0.3, 0.4) is 0 Å². The van der Waals surface area contributed by atoms with Gasteiger partial charge in [-0.3, -0.25) is 4.90 Å². The predicted molar refractivity (Wildman–Crippen MR) is 99.1 cm³/mol. The highest BCUT2D eigenvalue weighted by Crippen LogP contribution is 2.37. The molecule has 26 heavy (non-hydrogen) atoms. The summed E-state index contributed by atoms with van der Waals surface area (Å²) >= 11 is 0. The quantitative estimate of drug-likeness (QED) is 0.835. The van der Waals surface area contributed by atoms with Crippen molar-refractivity contribution in [3.05, 3.63) is 17.7 Å². The normalized spacial score (nSPS) is 28.5. The smallest absolute Gasteiger partial charge is 0.165 e. The number of hydrogen-bond donors (Lipinski definition) is 2. The Bertz CT molecular complexity index is 636. The molecule has 3 aliphatic rings. The van der Waals surface area contributed by atoms with E-state index in [1.807, 2.05) is 12.1 Å². The lowest BCUT2D eigenvalue weighted by Crippen LogP contribution is -2.62. The molecule has 6 heteroatoms. The van der Waals surface area contributed by atoms with Gasteiger partial charge in [-0.05, 0) is 44.8 Å². The third-order valence-corrected chi connectivity index (χ3v) is 5.98. The maximum atomic E-state index is 11.3. The van der Waals surface area contributed by atoms with Crippen LogP contribution in [0.25, 0.3) is 0 Å². The molecule has 2 fully saturated rings. The Morgan fingerprint density at radius 2 is 1.96 bits per heavy atom. The van der Waals surface area contributed by atoms with Crippen molar-refractivity contribution in [2.75, 3.05) is 40.0 Å². The second kappa shape index (κ2) is 7.62. The van der Waals surface area contributed by atoms with Crippen molar-refractivity contribution < 1.29 is 19.3 Å². The highest BCUT2D eigenvalue weighted by Gasteiger charge is 2.43. The number of nitrogens with zero attached hydrogens (tertiary/aromatic N) is 1. The molecule has 0 unspecified atom stereocenters. The highest BCUT2D eigenvalue weighted by molar-refractivity contribution is 5.51. The van der Waals surface area contributed by atoms with E-state index in [1.54, 1.807) is 7.11 Å². The van der Waals surface area contributed by atoms with Crippen molar-refractivity contribution in [1.82, 2.24) is 10.2 Å². The summed E-state index contributed by atoms with van der Waals surface area (Å²) < 4.78 is 16.8. The van der Waals surface area contributed by atoms with Crippen LogP contribution in [-0.2, 0) is 6.54 Å². The molecule has 1 aromatic carbocycles. The molecule has 0 radical (unpaired) electrons. The molecule has 2 saturated heterocycles. The summed E-state index contributed by atoms with van der Waals surface area (Å²) in [5.74, 6) is 2.29. The van der Waals surface area contributed by atoms with Crippen molar-refractivity contribution in [2.45, 2.75) is 50.3 Å². The maximum absolute atomic E-state index is 11.3. The summed E-state index contributed by atoms with van der Waals surface area (Å²) in [4.78, 5) is 2.49. The van der Waals surface area contributed by atoms with Gasteiger partial charge in [0.1, 0.15) is 19.0 Å². The first kappa shape index (κ1) is 17.9. The van der Waals surface area contributed by atoms with E-state index >= 15 is 0 Å². The largest absolute Gasteiger partial charge is 0.496 e. The molecule has 6 nitrogen and oxygen atoms in total. The Labute approximate surface area is 155 Å². The Hall–Kier alpha value is -1.50. The van der Waals surface area contributed by atoms with Gasteiger partial charge in [-0.2, -0.15) is 0 Å². The van der Waals surface area contributed by atoms with Gasteiger partial charge >= 0.3 is 0 Å². The number of methoxy groups -OCH3 is 1. The van der Waals surface area contributed by atoms with Crippen molar-refractivity contribution in [2.24, 2.45) is 0 Å². The molecular weight excluding hydrogens is 332 g/mol. The van der Waals surface area contributed by atoms with E-state index in [2.05, 4.69) is 10.2 Å². The molecule has 0 aromatic heterocycles. The van der Waals surface area contributed by atoms with Crippen LogP contribution in [0.15, 0.2) is 12.1 Å². The fourth-order valence-electron chi connectivity index (χ4n) is 4.68. The molecule has 4 rings (SSSR count). The van der Waals surface area contributed by atoms with Crippen LogP contribution in [0.5, 0.6) is 17.2 Å². The molecule has 0 saturated carbocycles. The first-order valence-electron chi connectivity index (χ1n) is 9.83. The Morgan fingerprint density at radius 3 is 2.77 bits per heavy atom. The van der Waals surface area contributed by atoms with Gasteiger partial charge in [-0.25, -0.2) is 0 Å². The van der Waals surface area contributed by atoms with Crippen LogP contribution in [-0.4, -0.2) is 61.6 Å². The molecule has 2 atom stereocenters. The molecule has 144 valence electrons. The predicted octanol–water partition coefficient (Wildman–Crippen LogP) is 1.94. The van der Waals surface area contributed by atoms with E-state index in [9.17, 15) is 5.11 Å². The summed E-state index contributed by atoms with van der Waals surface area (Å²) in [5, 5.41) is 14.8. The minimum Gasteiger partial charge on any atom is -0.496 e. The number of hydrogen-bond acceptors (Lipinski definition) is 6. The Morgan fingerprint density at radius 1 is 1.19 bits per heavy atom. The summed E-state index contributed by atoms with van der Waals surface area (Å²) in [5.41, 5.74) is 0.386. The summed E-state index contributed by atoms with van der Waals surface area (Å²) in [6, 6.07) is 4.17. The van der Waals surface area contributed by atoms with Crippen LogP contribution >= 0.6 is 0 Å². The van der Waals surface area contributed by atoms with Gasteiger partial charge in [0.2, 0.25) is 0 Å². The van der Waals surface area contributed by atoms with Crippen molar-refractivity contribution in [3.8, 4) is 17.2 Å². The summed E-state index contributed by atoms with van der Waals surface area (Å²) in [7, 11) is 1.67. The molecular formula is C20H30N2O4. The van der Waals surface area contributed by atoms with Gasteiger partial charge < -0.3 is 24.6 Å². The van der Waals surface area contributed by atoms with Crippen LogP contribution < -0.4 is 19.5 Å². The zero-order valence-corrected chi connectivity index (χ0v) is 15.6. The standard InChI is InChI=1S/C20H30N2O4/c1-24-16-12-18-17(25-9-10-26-18)11-15(16)13-21-14-20(23)6-4-8-22-7-3-2-5-19(20)22/h11-12,19,21,23H,2-10,13-14H2,1H3/t19-,20-/m1/s1. The van der Waals surface area contributed by atoms with Gasteiger partial charge in [0, 0.05) is 30.8 Å². The average Bonchev–Trinajstić information content (AvgIpc) is 2.68. The first-order chi connectivity index (χ1) is 12.7. The van der Waals surface area contributed by atoms with Crippen LogP contribution in [0.2, 0.25) is 0 Å². The minimum absolute atomic E-state index is 0.291. The lowest BCUT2D eigenvalue weighted by Gasteiger charge is -2.49. The molecule has 3 heterocycles. The lowest BCUT2D eigenvalue weighted by atomic mass is 9.79. The maximum Gasteiger partial charge on any atom is 0.165 e. The molecule has 2 N–H and O–H groups in total. The van der Waals surface area contributed by atoms with Crippen molar-refractivity contribution >= 4 is 0 Å². The van der Waals surface area contributed by atoms with Gasteiger partial charge in [-0.1, -0.05) is 6.42 Å². The number of benzene rings is 1. The number of ether oxygens (including phenoxy) is 3. The number of nitrogens with one attached hydrogen (secondary N) is 1. The number of piperidine rings is 2. The van der Waals surface area contributed by atoms with E-state index in [4.69, 9.17) is 14.2 Å². The molecule has 0 aliphatic carbocycles. The molecule has 0 spiro atoms. The average molecular weight is 362 g/mol. The fourth-order valence-corrected chi connectivity index (χ4v) is 4.68. The van der Waals surface area contributed by atoms with E-state index in [-0.39, 0.29) is 0 Å². The zero-order valence-electron chi connectivity index (χ0n) is 15.6. The third-order valence-electron chi connectivity index (χ3n) is 5.98. The number of aliphatic hydroxyl groups is 1. The molecule has 3 aliphatic heterocycles. The molecule has 0 amide bonds. The van der Waals surface area contributed by atoms with E-state index < -0.39 is 5.60 Å². The second-order valence-corrected chi connectivity index (χ2v) is 7.67. The fraction of sp³-hybridized carbons (Fsp3) is 0.700. The van der Waals surface area contributed by atoms with Crippen LogP contribution in [0.1, 0.15) is 37.7 Å². The van der Waals surface area contributed by atoms with Crippen LogP contribution in [0, 0.1) is 0 Å². The number of rotatable bonds is 5. The van der Waals surface area contributed by atoms with Gasteiger partial charge in [0.25, 0.3) is 0 Å². The minimum atomic E-state index is -0.639. The van der Waals surface area contributed by atoms with Gasteiger partial charge in [0.15, 0.2) is 11.5 Å². The summed E-state index contributed by atoms with van der Waals surface area (Å²) in [6.07, 6.45) is 5.53. The first-order valence-corrected chi connectivity index (χ1v) is 9.83. The number of fused-ring (bicyclic) bond motifs is 2. The van der Waals surface area contributed by atoms with Crippen molar-refractivity contribution in [3.63, 3.8) is 0 Å².